The molecule has 498 valence electrons. The molecule has 0 radical (unpaired) electrons. The van der Waals surface area contributed by atoms with Crippen LogP contribution in [0.3, 0.4) is 0 Å². The highest BCUT2D eigenvalue weighted by Crippen LogP contribution is 2.17. The van der Waals surface area contributed by atoms with Crippen molar-refractivity contribution in [2.24, 2.45) is 0 Å². The van der Waals surface area contributed by atoms with Gasteiger partial charge in [-0.1, -0.05) is 296 Å². The van der Waals surface area contributed by atoms with E-state index in [2.05, 4.69) is 135 Å². The monoisotopic (exact) mass is 1210 g/mol. The molecule has 0 saturated carbocycles. The molecule has 0 N–H and O–H groups in total. The van der Waals surface area contributed by atoms with Gasteiger partial charge in [0.05, 0.1) is 40.3 Å². The van der Waals surface area contributed by atoms with E-state index in [1.54, 1.807) is 0 Å². The lowest BCUT2D eigenvalue weighted by Gasteiger charge is -2.26. The maximum atomic E-state index is 12.9. The number of aliphatic carboxylic acids is 1. The molecule has 0 aliphatic carbocycles. The number of nitrogens with zero attached hydrogens (tertiary/aromatic N) is 1. The molecule has 0 aliphatic rings. The maximum absolute atomic E-state index is 12.9. The van der Waals surface area contributed by atoms with Crippen molar-refractivity contribution in [1.29, 1.82) is 0 Å². The van der Waals surface area contributed by atoms with Crippen molar-refractivity contribution in [2.75, 3.05) is 47.5 Å². The second-order valence-corrected chi connectivity index (χ2v) is 24.8. The summed E-state index contributed by atoms with van der Waals surface area (Å²) < 4.78 is 22.7. The molecule has 0 aromatic heterocycles. The molecule has 0 rings (SSSR count). The third-order valence-corrected chi connectivity index (χ3v) is 15.2. The highest BCUT2D eigenvalue weighted by molar-refractivity contribution is 5.70. The van der Waals surface area contributed by atoms with E-state index >= 15 is 0 Å². The maximum Gasteiger partial charge on any atom is 0.306 e. The number of carbonyl (C=O) groups is 3. The molecule has 0 aliphatic heterocycles. The van der Waals surface area contributed by atoms with Gasteiger partial charge < -0.3 is 33.3 Å². The summed E-state index contributed by atoms with van der Waals surface area (Å²) in [5.41, 5.74) is 0. The Morgan fingerprint density at radius 1 is 0.356 bits per heavy atom. The van der Waals surface area contributed by atoms with Crippen molar-refractivity contribution >= 4 is 17.9 Å². The van der Waals surface area contributed by atoms with Crippen LogP contribution >= 0.6 is 0 Å². The lowest BCUT2D eigenvalue weighted by atomic mass is 10.0. The minimum absolute atomic E-state index is 0.134. The number of rotatable bonds is 65. The Morgan fingerprint density at radius 3 is 1.00 bits per heavy atom. The van der Waals surface area contributed by atoms with Gasteiger partial charge in [0.1, 0.15) is 13.2 Å². The van der Waals surface area contributed by atoms with Gasteiger partial charge in [-0.15, -0.1) is 0 Å². The Kier molecular flexibility index (Phi) is 64.3. The summed E-state index contributed by atoms with van der Waals surface area (Å²) in [4.78, 5) is 37.5. The largest absolute Gasteiger partial charge is 0.545 e. The molecule has 0 aromatic carbocycles. The van der Waals surface area contributed by atoms with Crippen molar-refractivity contribution in [3.8, 4) is 0 Å². The molecule has 9 heteroatoms. The number of allylic oxidation sites excluding steroid dienone is 20. The van der Waals surface area contributed by atoms with Crippen molar-refractivity contribution < 1.29 is 42.9 Å². The summed E-state index contributed by atoms with van der Waals surface area (Å²) >= 11 is 0. The van der Waals surface area contributed by atoms with Gasteiger partial charge in [-0.25, -0.2) is 0 Å². The van der Waals surface area contributed by atoms with Crippen LogP contribution < -0.4 is 5.11 Å². The Morgan fingerprint density at radius 2 is 0.655 bits per heavy atom. The van der Waals surface area contributed by atoms with Crippen LogP contribution in [0.1, 0.15) is 296 Å². The molecule has 0 amide bonds. The minimum Gasteiger partial charge on any atom is -0.545 e. The van der Waals surface area contributed by atoms with Crippen LogP contribution in [0, 0.1) is 0 Å². The Hall–Kier alpha value is -4.31. The molecule has 0 bridgehead atoms. The summed E-state index contributed by atoms with van der Waals surface area (Å²) in [7, 11) is 5.91. The molecule has 0 spiro atoms. The highest BCUT2D eigenvalue weighted by Gasteiger charge is 2.22. The SMILES string of the molecule is CC/C=C\C/C=C\C/C=C\C/C=C\C/C=C\C/C=C\C/C=C\C/C=C\CCCCC(=O)OC(COC(=O)CCCCCCCCCCCCCCCCCCCCCCCCC/C=C\C/C=C\CCCCCCC)COC(OCC[N+](C)(C)C)C(=O)[O-]. The van der Waals surface area contributed by atoms with Crippen LogP contribution in [0.2, 0.25) is 0 Å². The topological polar surface area (TPSA) is 111 Å². The van der Waals surface area contributed by atoms with Gasteiger partial charge in [0.2, 0.25) is 0 Å². The van der Waals surface area contributed by atoms with E-state index in [1.807, 2.05) is 21.1 Å². The predicted octanol–water partition coefficient (Wildman–Crippen LogP) is 21.0. The van der Waals surface area contributed by atoms with E-state index in [-0.39, 0.29) is 38.6 Å². The number of carbonyl (C=O) groups excluding carboxylic acids is 3. The second-order valence-electron chi connectivity index (χ2n) is 24.8. The summed E-state index contributed by atoms with van der Waals surface area (Å²) in [6, 6.07) is 0. The number of unbranched alkanes of at least 4 members (excludes halogenated alkanes) is 30. The fourth-order valence-electron chi connectivity index (χ4n) is 9.76. The smallest absolute Gasteiger partial charge is 0.306 e. The number of quaternary nitrogens is 1. The first-order chi connectivity index (χ1) is 42.6. The van der Waals surface area contributed by atoms with E-state index < -0.39 is 24.3 Å². The molecule has 0 saturated heterocycles. The molecule has 0 heterocycles. The van der Waals surface area contributed by atoms with E-state index in [0.717, 1.165) is 89.9 Å². The average Bonchev–Trinajstić information content (AvgIpc) is 3.56. The van der Waals surface area contributed by atoms with Gasteiger partial charge in [-0.3, -0.25) is 9.59 Å². The first kappa shape index (κ1) is 82.7. The van der Waals surface area contributed by atoms with Crippen LogP contribution in [-0.2, 0) is 33.3 Å². The molecule has 0 aromatic rings. The number of esters is 2. The number of hydrogen-bond acceptors (Lipinski definition) is 8. The molecular weight excluding hydrogens is 1080 g/mol. The van der Waals surface area contributed by atoms with Crippen LogP contribution in [0.4, 0.5) is 0 Å². The number of ether oxygens (including phenoxy) is 4. The van der Waals surface area contributed by atoms with Gasteiger partial charge in [-0.05, 0) is 109 Å². The van der Waals surface area contributed by atoms with Crippen molar-refractivity contribution in [1.82, 2.24) is 0 Å². The molecular formula is C78H133NO8. The van der Waals surface area contributed by atoms with Gasteiger partial charge in [0.25, 0.3) is 0 Å². The van der Waals surface area contributed by atoms with Crippen LogP contribution in [0.5, 0.6) is 0 Å². The fraction of sp³-hybridized carbons (Fsp3) is 0.705. The average molecular weight is 1210 g/mol. The zero-order chi connectivity index (χ0) is 63.3. The Labute approximate surface area is 536 Å². The number of carboxylic acid groups (broad SMARTS) is 1. The third kappa shape index (κ3) is 69.0. The van der Waals surface area contributed by atoms with E-state index in [1.165, 1.54) is 173 Å². The molecule has 87 heavy (non-hydrogen) atoms. The van der Waals surface area contributed by atoms with Crippen LogP contribution in [0.15, 0.2) is 122 Å². The zero-order valence-corrected chi connectivity index (χ0v) is 56.9. The van der Waals surface area contributed by atoms with Crippen molar-refractivity contribution in [3.63, 3.8) is 0 Å². The zero-order valence-electron chi connectivity index (χ0n) is 56.9. The summed E-state index contributed by atoms with van der Waals surface area (Å²) in [6.07, 6.45) is 93.0. The standard InChI is InChI=1S/C78H133NO8/c1-6-8-10-12-14-16-18-20-22-24-26-28-30-32-34-35-36-37-38-39-40-41-43-44-46-48-50-52-54-56-58-60-62-64-66-68-75(80)85-72-74(73-86-78(77(82)83)84-71-70-79(3,4)5)87-76(81)69-67-65-63-61-59-57-55-53-51-49-47-45-42-33-31-29-27-25-23-21-19-17-15-13-11-9-7-2/h9,11,15,17-18,20-21,23-24,26-27,29,33,42,47,49,53,55,59,61,74,78H,6-8,10,12-14,16,19,22,25,28,30-32,34-41,43-46,48,50-52,54,56-58,60,62-73H2,1-5H3/b11-9-,17-15-,20-18-,23-21-,26-24-,29-27-,42-33-,49-47-,55-53-,61-59-. The van der Waals surface area contributed by atoms with Gasteiger partial charge in [-0.2, -0.15) is 0 Å². The van der Waals surface area contributed by atoms with E-state index in [9.17, 15) is 19.5 Å². The van der Waals surface area contributed by atoms with Crippen molar-refractivity contribution in [2.45, 2.75) is 309 Å². The quantitative estimate of drug-likeness (QED) is 0.0195. The Balaban J connectivity index is 4.15. The van der Waals surface area contributed by atoms with Gasteiger partial charge in [0, 0.05) is 12.8 Å². The van der Waals surface area contributed by atoms with Gasteiger partial charge in [0.15, 0.2) is 12.4 Å². The highest BCUT2D eigenvalue weighted by atomic mass is 16.7. The molecule has 2 unspecified atom stereocenters. The normalized spacial score (nSPS) is 13.4. The summed E-state index contributed by atoms with van der Waals surface area (Å²) in [5, 5.41) is 11.8. The van der Waals surface area contributed by atoms with E-state index in [0.29, 0.717) is 17.4 Å². The number of likely N-dealkylation sites (N-methyl/N-ethyl adjacent to an activating group) is 1. The fourth-order valence-corrected chi connectivity index (χ4v) is 9.76. The molecule has 9 nitrogen and oxygen atoms in total. The molecule has 2 atom stereocenters. The predicted molar refractivity (Wildman–Crippen MR) is 370 cm³/mol. The minimum atomic E-state index is -1.64. The number of hydrogen-bond donors (Lipinski definition) is 0. The van der Waals surface area contributed by atoms with E-state index in [4.69, 9.17) is 18.9 Å². The first-order valence-corrected chi connectivity index (χ1v) is 35.7. The first-order valence-electron chi connectivity index (χ1n) is 35.7. The third-order valence-electron chi connectivity index (χ3n) is 15.2. The lowest BCUT2D eigenvalue weighted by molar-refractivity contribution is -0.870. The van der Waals surface area contributed by atoms with Gasteiger partial charge >= 0.3 is 11.9 Å². The second kappa shape index (κ2) is 67.6. The lowest BCUT2D eigenvalue weighted by Crippen LogP contribution is -2.44. The molecule has 0 fully saturated rings. The summed E-state index contributed by atoms with van der Waals surface area (Å²) in [6.45, 7) is 4.59. The Bertz CT molecular complexity index is 1840. The van der Waals surface area contributed by atoms with Crippen molar-refractivity contribution in [3.05, 3.63) is 122 Å². The van der Waals surface area contributed by atoms with Crippen LogP contribution in [-0.4, -0.2) is 82.3 Å². The summed E-state index contributed by atoms with van der Waals surface area (Å²) in [5.74, 6) is -2.34. The number of carboxylic acids is 1. The van der Waals surface area contributed by atoms with Crippen LogP contribution in [0.25, 0.3) is 0 Å².